The highest BCUT2D eigenvalue weighted by atomic mass is 16.6. The first-order valence-corrected chi connectivity index (χ1v) is 4.22. The van der Waals surface area contributed by atoms with Crippen LogP contribution in [-0.2, 0) is 19.1 Å². The maximum atomic E-state index is 10.8. The average Bonchev–Trinajstić information content (AvgIpc) is 2.16. The number of carboxylic acid groups (broad SMARTS) is 2. The lowest BCUT2D eigenvalue weighted by Gasteiger charge is -2.18. The van der Waals surface area contributed by atoms with Crippen molar-refractivity contribution in [1.29, 1.82) is 0 Å². The Labute approximate surface area is 86.2 Å². The minimum atomic E-state index is -1.68. The third-order valence-electron chi connectivity index (χ3n) is 1.78. The fraction of sp³-hybridized carbons (Fsp3) is 0.444. The summed E-state index contributed by atoms with van der Waals surface area (Å²) in [6, 6.07) is 0. The van der Waals surface area contributed by atoms with Gasteiger partial charge in [0.2, 0.25) is 6.10 Å². The largest absolute Gasteiger partial charge is 0.481 e. The molecule has 0 aliphatic carbocycles. The molecule has 2 atom stereocenters. The number of carboxylic acids is 2. The van der Waals surface area contributed by atoms with Crippen molar-refractivity contribution in [2.75, 3.05) is 0 Å². The Hall–Kier alpha value is -1.85. The van der Waals surface area contributed by atoms with Gasteiger partial charge in [0.25, 0.3) is 0 Å². The van der Waals surface area contributed by atoms with Crippen molar-refractivity contribution >= 4 is 17.9 Å². The van der Waals surface area contributed by atoms with E-state index in [-0.39, 0.29) is 6.42 Å². The lowest BCUT2D eigenvalue weighted by Crippen LogP contribution is -2.38. The first-order chi connectivity index (χ1) is 6.93. The van der Waals surface area contributed by atoms with Crippen LogP contribution in [0.1, 0.15) is 13.3 Å². The van der Waals surface area contributed by atoms with Crippen LogP contribution < -0.4 is 0 Å². The van der Waals surface area contributed by atoms with Crippen LogP contribution in [0, 0.1) is 5.92 Å². The second-order valence-corrected chi connectivity index (χ2v) is 2.75. The van der Waals surface area contributed by atoms with Gasteiger partial charge in [-0.3, -0.25) is 4.79 Å². The Kier molecular flexibility index (Phi) is 5.08. The highest BCUT2D eigenvalue weighted by Crippen LogP contribution is 2.13. The van der Waals surface area contributed by atoms with Gasteiger partial charge in [0.15, 0.2) is 0 Å². The first-order valence-electron chi connectivity index (χ1n) is 4.22. The highest BCUT2D eigenvalue weighted by molar-refractivity contribution is 5.87. The van der Waals surface area contributed by atoms with Crippen LogP contribution in [0.5, 0.6) is 0 Å². The highest BCUT2D eigenvalue weighted by Gasteiger charge is 2.35. The van der Waals surface area contributed by atoms with Crippen LogP contribution in [-0.4, -0.2) is 34.2 Å². The summed E-state index contributed by atoms with van der Waals surface area (Å²) < 4.78 is 4.44. The zero-order valence-corrected chi connectivity index (χ0v) is 8.17. The van der Waals surface area contributed by atoms with E-state index >= 15 is 0 Å². The van der Waals surface area contributed by atoms with E-state index in [2.05, 4.69) is 11.3 Å². The molecule has 0 saturated carbocycles. The molecule has 0 amide bonds. The van der Waals surface area contributed by atoms with Crippen LogP contribution >= 0.6 is 0 Å². The molecule has 15 heavy (non-hydrogen) atoms. The monoisotopic (exact) mass is 216 g/mol. The zero-order valence-electron chi connectivity index (χ0n) is 8.17. The van der Waals surface area contributed by atoms with Crippen molar-refractivity contribution in [2.45, 2.75) is 19.4 Å². The van der Waals surface area contributed by atoms with Crippen LogP contribution in [0.15, 0.2) is 12.7 Å². The van der Waals surface area contributed by atoms with E-state index in [1.54, 1.807) is 0 Å². The molecule has 2 unspecified atom stereocenters. The molecule has 0 saturated heterocycles. The second-order valence-electron chi connectivity index (χ2n) is 2.75. The molecule has 2 N–H and O–H groups in total. The molecule has 0 fully saturated rings. The summed E-state index contributed by atoms with van der Waals surface area (Å²) in [5, 5.41) is 17.4. The SMILES string of the molecule is C=CC(=O)OC(C(=O)O)C(CC)C(=O)O. The van der Waals surface area contributed by atoms with Crippen LogP contribution in [0.2, 0.25) is 0 Å². The molecule has 0 bridgehead atoms. The van der Waals surface area contributed by atoms with Gasteiger partial charge >= 0.3 is 17.9 Å². The van der Waals surface area contributed by atoms with Crippen LogP contribution in [0.25, 0.3) is 0 Å². The van der Waals surface area contributed by atoms with Gasteiger partial charge in [-0.2, -0.15) is 0 Å². The minimum Gasteiger partial charge on any atom is -0.481 e. The molecule has 0 aliphatic heterocycles. The lowest BCUT2D eigenvalue weighted by molar-refractivity contribution is -0.170. The normalized spacial score (nSPS) is 13.7. The van der Waals surface area contributed by atoms with Crippen molar-refractivity contribution in [3.05, 3.63) is 12.7 Å². The number of carbonyl (C=O) groups is 3. The van der Waals surface area contributed by atoms with Crippen molar-refractivity contribution in [3.8, 4) is 0 Å². The van der Waals surface area contributed by atoms with E-state index < -0.39 is 29.9 Å². The van der Waals surface area contributed by atoms with Gasteiger partial charge in [0, 0.05) is 6.08 Å². The average molecular weight is 216 g/mol. The number of ether oxygens (including phenoxy) is 1. The van der Waals surface area contributed by atoms with Gasteiger partial charge in [-0.1, -0.05) is 13.5 Å². The lowest BCUT2D eigenvalue weighted by atomic mass is 10.00. The Balaban J connectivity index is 4.78. The van der Waals surface area contributed by atoms with Crippen molar-refractivity contribution in [1.82, 2.24) is 0 Å². The molecule has 0 radical (unpaired) electrons. The van der Waals surface area contributed by atoms with Gasteiger partial charge in [-0.25, -0.2) is 9.59 Å². The third kappa shape index (κ3) is 3.80. The molecule has 0 spiro atoms. The molecule has 0 rings (SSSR count). The van der Waals surface area contributed by atoms with E-state index in [4.69, 9.17) is 10.2 Å². The Morgan fingerprint density at radius 3 is 2.13 bits per heavy atom. The number of carbonyl (C=O) groups excluding carboxylic acids is 1. The molecular weight excluding hydrogens is 204 g/mol. The standard InChI is InChI=1S/C9H12O6/c1-3-5(8(11)12)7(9(13)14)15-6(10)4-2/h4-5,7H,2-3H2,1H3,(H,11,12)(H,13,14). The number of rotatable bonds is 6. The fourth-order valence-electron chi connectivity index (χ4n) is 0.996. The maximum absolute atomic E-state index is 10.8. The molecule has 0 aromatic heterocycles. The summed E-state index contributed by atoms with van der Waals surface area (Å²) in [7, 11) is 0. The van der Waals surface area contributed by atoms with E-state index in [0.717, 1.165) is 6.08 Å². The summed E-state index contributed by atoms with van der Waals surface area (Å²) >= 11 is 0. The zero-order chi connectivity index (χ0) is 12.0. The fourth-order valence-corrected chi connectivity index (χ4v) is 0.996. The van der Waals surface area contributed by atoms with Gasteiger partial charge in [-0.05, 0) is 6.42 Å². The molecule has 6 nitrogen and oxygen atoms in total. The number of hydrogen-bond acceptors (Lipinski definition) is 4. The number of aliphatic carboxylic acids is 2. The maximum Gasteiger partial charge on any atom is 0.345 e. The quantitative estimate of drug-likeness (QED) is 0.488. The second kappa shape index (κ2) is 5.79. The summed E-state index contributed by atoms with van der Waals surface area (Å²) in [5.74, 6) is -5.02. The number of hydrogen-bond donors (Lipinski definition) is 2. The Bertz CT molecular complexity index is 282. The van der Waals surface area contributed by atoms with E-state index in [1.807, 2.05) is 0 Å². The predicted octanol–water partition coefficient (Wildman–Crippen LogP) is 0.280. The molecular formula is C9H12O6. The summed E-state index contributed by atoms with van der Waals surface area (Å²) in [4.78, 5) is 32.1. The molecule has 0 heterocycles. The Morgan fingerprint density at radius 2 is 1.87 bits per heavy atom. The van der Waals surface area contributed by atoms with Crippen LogP contribution in [0.4, 0.5) is 0 Å². The summed E-state index contributed by atoms with van der Waals surface area (Å²) in [5.41, 5.74) is 0. The summed E-state index contributed by atoms with van der Waals surface area (Å²) in [6.45, 7) is 4.58. The van der Waals surface area contributed by atoms with Crippen LogP contribution in [0.3, 0.4) is 0 Å². The van der Waals surface area contributed by atoms with Gasteiger partial charge in [0.05, 0.1) is 0 Å². The number of esters is 1. The van der Waals surface area contributed by atoms with Gasteiger partial charge in [0.1, 0.15) is 5.92 Å². The molecule has 0 aromatic carbocycles. The smallest absolute Gasteiger partial charge is 0.345 e. The molecule has 0 aliphatic rings. The predicted molar refractivity (Wildman–Crippen MR) is 49.1 cm³/mol. The molecule has 6 heteroatoms. The summed E-state index contributed by atoms with van der Waals surface area (Å²) in [6.07, 6.45) is -0.848. The van der Waals surface area contributed by atoms with Crippen molar-refractivity contribution in [3.63, 3.8) is 0 Å². The Morgan fingerprint density at radius 1 is 1.33 bits per heavy atom. The van der Waals surface area contributed by atoms with E-state index in [9.17, 15) is 14.4 Å². The van der Waals surface area contributed by atoms with Crippen molar-refractivity contribution < 1.29 is 29.3 Å². The first kappa shape index (κ1) is 13.2. The van der Waals surface area contributed by atoms with E-state index in [0.29, 0.717) is 0 Å². The van der Waals surface area contributed by atoms with Gasteiger partial charge < -0.3 is 14.9 Å². The topological polar surface area (TPSA) is 101 Å². The minimum absolute atomic E-state index is 0.0523. The van der Waals surface area contributed by atoms with Crippen molar-refractivity contribution in [2.24, 2.45) is 5.92 Å². The molecule has 0 aromatic rings. The molecule has 84 valence electrons. The van der Waals surface area contributed by atoms with Gasteiger partial charge in [-0.15, -0.1) is 0 Å². The van der Waals surface area contributed by atoms with E-state index in [1.165, 1.54) is 6.92 Å². The third-order valence-corrected chi connectivity index (χ3v) is 1.78.